The van der Waals surface area contributed by atoms with Gasteiger partial charge in [0.1, 0.15) is 5.52 Å². The number of nitrogens with zero attached hydrogens (tertiary/aromatic N) is 3. The first-order valence-electron chi connectivity index (χ1n) is 5.31. The second kappa shape index (κ2) is 3.85. The fourth-order valence-electron chi connectivity index (χ4n) is 2.10. The Bertz CT molecular complexity index is 460. The Kier molecular flexibility index (Phi) is 2.37. The van der Waals surface area contributed by atoms with E-state index in [-0.39, 0.29) is 0 Å². The highest BCUT2D eigenvalue weighted by Gasteiger charge is 2.17. The summed E-state index contributed by atoms with van der Waals surface area (Å²) in [6, 6.07) is 4.67. The Labute approximate surface area is 92.9 Å². The Balaban J connectivity index is 2.02. The number of rotatable bonds is 1. The molecule has 0 bridgehead atoms. The van der Waals surface area contributed by atoms with Crippen molar-refractivity contribution in [1.29, 1.82) is 0 Å². The van der Waals surface area contributed by atoms with E-state index in [9.17, 15) is 0 Å². The SMILES string of the molecule is c1cnc2cnn(C3CCSCC3)c2c1. The van der Waals surface area contributed by atoms with E-state index in [1.54, 1.807) is 0 Å². The zero-order chi connectivity index (χ0) is 10.1. The molecule has 0 amide bonds. The van der Waals surface area contributed by atoms with Crippen LogP contribution in [0.3, 0.4) is 0 Å². The van der Waals surface area contributed by atoms with Crippen molar-refractivity contribution in [1.82, 2.24) is 14.8 Å². The summed E-state index contributed by atoms with van der Waals surface area (Å²) >= 11 is 2.04. The molecule has 78 valence electrons. The predicted molar refractivity (Wildman–Crippen MR) is 63.1 cm³/mol. The summed E-state index contributed by atoms with van der Waals surface area (Å²) in [5, 5.41) is 4.46. The van der Waals surface area contributed by atoms with Crippen LogP contribution in [0, 0.1) is 0 Å². The molecule has 1 fully saturated rings. The molecule has 0 unspecified atom stereocenters. The average molecular weight is 219 g/mol. The van der Waals surface area contributed by atoms with Gasteiger partial charge in [-0.2, -0.15) is 16.9 Å². The lowest BCUT2D eigenvalue weighted by atomic mass is 10.1. The molecule has 3 nitrogen and oxygen atoms in total. The molecule has 2 aromatic rings. The number of aromatic nitrogens is 3. The summed E-state index contributed by atoms with van der Waals surface area (Å²) in [6.07, 6.45) is 6.16. The number of hydrogen-bond acceptors (Lipinski definition) is 3. The van der Waals surface area contributed by atoms with Crippen LogP contribution in [0.25, 0.3) is 11.0 Å². The van der Waals surface area contributed by atoms with Crippen molar-refractivity contribution in [3.63, 3.8) is 0 Å². The summed E-state index contributed by atoms with van der Waals surface area (Å²) in [6.45, 7) is 0. The predicted octanol–water partition coefficient (Wildman–Crippen LogP) is 2.50. The van der Waals surface area contributed by atoms with Crippen LogP contribution in [0.15, 0.2) is 24.5 Å². The molecule has 0 radical (unpaired) electrons. The van der Waals surface area contributed by atoms with Crippen LogP contribution < -0.4 is 0 Å². The minimum atomic E-state index is 0.577. The van der Waals surface area contributed by atoms with Crippen molar-refractivity contribution in [3.05, 3.63) is 24.5 Å². The second-order valence-corrected chi connectivity index (χ2v) is 5.07. The molecule has 0 spiro atoms. The van der Waals surface area contributed by atoms with E-state index < -0.39 is 0 Å². The molecular weight excluding hydrogens is 206 g/mol. The van der Waals surface area contributed by atoms with E-state index in [2.05, 4.69) is 20.8 Å². The summed E-state index contributed by atoms with van der Waals surface area (Å²) in [7, 11) is 0. The summed E-state index contributed by atoms with van der Waals surface area (Å²) in [4.78, 5) is 4.31. The van der Waals surface area contributed by atoms with E-state index in [1.165, 1.54) is 29.9 Å². The minimum absolute atomic E-state index is 0.577. The van der Waals surface area contributed by atoms with Gasteiger partial charge in [0.2, 0.25) is 0 Å². The van der Waals surface area contributed by atoms with Gasteiger partial charge in [-0.15, -0.1) is 0 Å². The molecular formula is C11H13N3S. The molecule has 15 heavy (non-hydrogen) atoms. The van der Waals surface area contributed by atoms with Crippen LogP contribution in [0.2, 0.25) is 0 Å². The highest BCUT2D eigenvalue weighted by Crippen LogP contribution is 2.28. The van der Waals surface area contributed by atoms with Crippen LogP contribution >= 0.6 is 11.8 Å². The van der Waals surface area contributed by atoms with Crippen LogP contribution in [0.4, 0.5) is 0 Å². The molecule has 3 rings (SSSR count). The monoisotopic (exact) mass is 219 g/mol. The zero-order valence-electron chi connectivity index (χ0n) is 8.47. The molecule has 4 heteroatoms. The highest BCUT2D eigenvalue weighted by atomic mass is 32.2. The van der Waals surface area contributed by atoms with Crippen molar-refractivity contribution in [2.45, 2.75) is 18.9 Å². The van der Waals surface area contributed by atoms with Gasteiger partial charge in [-0.3, -0.25) is 9.67 Å². The Morgan fingerprint density at radius 1 is 1.33 bits per heavy atom. The zero-order valence-corrected chi connectivity index (χ0v) is 9.28. The van der Waals surface area contributed by atoms with Gasteiger partial charge in [-0.1, -0.05) is 0 Å². The topological polar surface area (TPSA) is 30.7 Å². The van der Waals surface area contributed by atoms with Crippen molar-refractivity contribution >= 4 is 22.8 Å². The first-order valence-corrected chi connectivity index (χ1v) is 6.46. The molecule has 0 atom stereocenters. The lowest BCUT2D eigenvalue weighted by Gasteiger charge is -2.22. The first kappa shape index (κ1) is 9.21. The fourth-order valence-corrected chi connectivity index (χ4v) is 3.18. The molecule has 0 N–H and O–H groups in total. The van der Waals surface area contributed by atoms with E-state index in [1.807, 2.05) is 30.2 Å². The molecule has 2 aromatic heterocycles. The Hall–Kier alpha value is -1.03. The lowest BCUT2D eigenvalue weighted by Crippen LogP contribution is -2.16. The highest BCUT2D eigenvalue weighted by molar-refractivity contribution is 7.99. The van der Waals surface area contributed by atoms with E-state index >= 15 is 0 Å². The Morgan fingerprint density at radius 3 is 3.07 bits per heavy atom. The van der Waals surface area contributed by atoms with Gasteiger partial charge in [0, 0.05) is 6.20 Å². The molecule has 1 aliphatic rings. The number of hydrogen-bond donors (Lipinski definition) is 0. The Morgan fingerprint density at radius 2 is 2.20 bits per heavy atom. The average Bonchev–Trinajstić information content (AvgIpc) is 2.74. The van der Waals surface area contributed by atoms with Gasteiger partial charge in [-0.05, 0) is 36.5 Å². The van der Waals surface area contributed by atoms with Crippen molar-refractivity contribution < 1.29 is 0 Å². The summed E-state index contributed by atoms with van der Waals surface area (Å²) in [5.41, 5.74) is 2.19. The molecule has 1 aliphatic heterocycles. The molecule has 0 aromatic carbocycles. The van der Waals surface area contributed by atoms with Gasteiger partial charge in [0.05, 0.1) is 17.8 Å². The third-order valence-corrected chi connectivity index (χ3v) is 3.95. The fraction of sp³-hybridized carbons (Fsp3) is 0.455. The van der Waals surface area contributed by atoms with E-state index in [0.29, 0.717) is 6.04 Å². The van der Waals surface area contributed by atoms with Crippen molar-refractivity contribution in [2.75, 3.05) is 11.5 Å². The van der Waals surface area contributed by atoms with Crippen LogP contribution in [0.1, 0.15) is 18.9 Å². The standard InChI is InChI=1S/C11H13N3S/c1-2-11-10(12-5-1)8-13-14(11)9-3-6-15-7-4-9/h1-2,5,8-9H,3-4,6-7H2. The van der Waals surface area contributed by atoms with E-state index in [4.69, 9.17) is 0 Å². The third kappa shape index (κ3) is 1.63. The second-order valence-electron chi connectivity index (χ2n) is 3.84. The largest absolute Gasteiger partial charge is 0.260 e. The first-order chi connectivity index (χ1) is 7.45. The van der Waals surface area contributed by atoms with Gasteiger partial charge < -0.3 is 0 Å². The number of fused-ring (bicyclic) bond motifs is 1. The van der Waals surface area contributed by atoms with Gasteiger partial charge >= 0.3 is 0 Å². The van der Waals surface area contributed by atoms with E-state index in [0.717, 1.165) is 5.52 Å². The quantitative estimate of drug-likeness (QED) is 0.738. The number of thioether (sulfide) groups is 1. The summed E-state index contributed by atoms with van der Waals surface area (Å²) in [5.74, 6) is 2.51. The van der Waals surface area contributed by atoms with Gasteiger partial charge in [0.15, 0.2) is 0 Å². The molecule has 0 saturated carbocycles. The lowest BCUT2D eigenvalue weighted by molar-refractivity contribution is 0.439. The van der Waals surface area contributed by atoms with Crippen molar-refractivity contribution in [2.24, 2.45) is 0 Å². The molecule has 3 heterocycles. The summed E-state index contributed by atoms with van der Waals surface area (Å²) < 4.78 is 2.15. The minimum Gasteiger partial charge on any atom is -0.260 e. The van der Waals surface area contributed by atoms with Crippen LogP contribution in [-0.4, -0.2) is 26.3 Å². The maximum absolute atomic E-state index is 4.46. The normalized spacial score (nSPS) is 18.4. The van der Waals surface area contributed by atoms with Crippen molar-refractivity contribution in [3.8, 4) is 0 Å². The van der Waals surface area contributed by atoms with Crippen LogP contribution in [0.5, 0.6) is 0 Å². The number of pyridine rings is 1. The van der Waals surface area contributed by atoms with Gasteiger partial charge in [-0.25, -0.2) is 0 Å². The maximum atomic E-state index is 4.46. The maximum Gasteiger partial charge on any atom is 0.108 e. The van der Waals surface area contributed by atoms with Gasteiger partial charge in [0.25, 0.3) is 0 Å². The molecule has 1 saturated heterocycles. The van der Waals surface area contributed by atoms with Crippen LogP contribution in [-0.2, 0) is 0 Å². The third-order valence-electron chi connectivity index (χ3n) is 2.90. The smallest absolute Gasteiger partial charge is 0.108 e. The molecule has 0 aliphatic carbocycles.